The van der Waals surface area contributed by atoms with E-state index in [2.05, 4.69) is 0 Å². The number of carbonyl (C=O) groups is 3. The lowest BCUT2D eigenvalue weighted by Gasteiger charge is -2.25. The average molecular weight is 358 g/mol. The van der Waals surface area contributed by atoms with E-state index in [4.69, 9.17) is 4.74 Å². The minimum Gasteiger partial charge on any atom is -0.493 e. The Labute approximate surface area is 151 Å². The van der Waals surface area contributed by atoms with E-state index in [9.17, 15) is 19.5 Å². The molecule has 0 bridgehead atoms. The lowest BCUT2D eigenvalue weighted by Crippen LogP contribution is -2.42. The zero-order chi connectivity index (χ0) is 18.5. The maximum Gasteiger partial charge on any atom is 0.314 e. The van der Waals surface area contributed by atoms with E-state index < -0.39 is 17.3 Å². The molecule has 2 fully saturated rings. The number of ether oxygens (including phenoxy) is 1. The van der Waals surface area contributed by atoms with Gasteiger partial charge in [0.15, 0.2) is 0 Å². The van der Waals surface area contributed by atoms with Crippen LogP contribution in [0.1, 0.15) is 29.3 Å². The average Bonchev–Trinajstić information content (AvgIpc) is 3.16. The first kappa shape index (κ1) is 16.9. The molecule has 0 saturated carbocycles. The molecule has 2 saturated heterocycles. The Morgan fingerprint density at radius 2 is 2.15 bits per heavy atom. The Kier molecular flexibility index (Phi) is 3.89. The van der Waals surface area contributed by atoms with Gasteiger partial charge in [-0.05, 0) is 43.5 Å². The number of nitrogens with zero attached hydrogens (tertiary/aromatic N) is 2. The van der Waals surface area contributed by atoms with Gasteiger partial charge in [-0.2, -0.15) is 0 Å². The topological polar surface area (TPSA) is 87.2 Å². The van der Waals surface area contributed by atoms with Crippen molar-refractivity contribution in [2.75, 3.05) is 32.8 Å². The number of benzene rings is 1. The van der Waals surface area contributed by atoms with Crippen LogP contribution in [-0.2, 0) is 16.0 Å². The van der Waals surface area contributed by atoms with Gasteiger partial charge in [-0.1, -0.05) is 0 Å². The van der Waals surface area contributed by atoms with Gasteiger partial charge < -0.3 is 19.6 Å². The molecule has 1 aromatic carbocycles. The molecule has 3 heterocycles. The Hall–Kier alpha value is -2.57. The third kappa shape index (κ3) is 2.37. The minimum atomic E-state index is -1.19. The molecule has 3 aliphatic heterocycles. The van der Waals surface area contributed by atoms with Crippen LogP contribution >= 0.6 is 0 Å². The highest BCUT2D eigenvalue weighted by atomic mass is 16.5. The Bertz CT molecular complexity index is 792. The third-order valence-corrected chi connectivity index (χ3v) is 5.88. The molecule has 0 aliphatic carbocycles. The molecule has 2 amide bonds. The van der Waals surface area contributed by atoms with Crippen LogP contribution in [0.5, 0.6) is 5.75 Å². The molecular weight excluding hydrogens is 336 g/mol. The van der Waals surface area contributed by atoms with E-state index >= 15 is 0 Å². The number of fused-ring (bicyclic) bond motifs is 2. The van der Waals surface area contributed by atoms with Crippen LogP contribution in [0.2, 0.25) is 0 Å². The molecular formula is C19H22N2O5. The van der Waals surface area contributed by atoms with Crippen molar-refractivity contribution in [2.45, 2.75) is 19.8 Å². The van der Waals surface area contributed by atoms with Crippen LogP contribution in [0.25, 0.3) is 0 Å². The summed E-state index contributed by atoms with van der Waals surface area (Å²) in [6, 6.07) is 5.35. The molecule has 26 heavy (non-hydrogen) atoms. The summed E-state index contributed by atoms with van der Waals surface area (Å²) in [5.41, 5.74) is 0.331. The van der Waals surface area contributed by atoms with Crippen molar-refractivity contribution in [3.8, 4) is 5.75 Å². The van der Waals surface area contributed by atoms with Gasteiger partial charge in [0.05, 0.1) is 12.5 Å². The summed E-state index contributed by atoms with van der Waals surface area (Å²) in [5.74, 6) is -1.24. The van der Waals surface area contributed by atoms with Crippen molar-refractivity contribution >= 4 is 17.8 Å². The van der Waals surface area contributed by atoms with E-state index in [-0.39, 0.29) is 31.4 Å². The normalized spacial score (nSPS) is 27.1. The monoisotopic (exact) mass is 358 g/mol. The zero-order valence-electron chi connectivity index (χ0n) is 14.7. The van der Waals surface area contributed by atoms with E-state index in [0.29, 0.717) is 18.7 Å². The van der Waals surface area contributed by atoms with Gasteiger partial charge in [0.2, 0.25) is 5.91 Å². The molecule has 0 aromatic heterocycles. The molecule has 2 atom stereocenters. The van der Waals surface area contributed by atoms with Crippen LogP contribution in [0.4, 0.5) is 0 Å². The van der Waals surface area contributed by atoms with Crippen molar-refractivity contribution in [2.24, 2.45) is 11.3 Å². The number of aryl methyl sites for hydroxylation is 1. The fourth-order valence-corrected chi connectivity index (χ4v) is 4.41. The number of hydrogen-bond donors (Lipinski definition) is 1. The van der Waals surface area contributed by atoms with Crippen molar-refractivity contribution in [3.05, 3.63) is 29.3 Å². The lowest BCUT2D eigenvalue weighted by atomic mass is 9.81. The van der Waals surface area contributed by atoms with Gasteiger partial charge in [0.25, 0.3) is 5.91 Å². The quantitative estimate of drug-likeness (QED) is 0.872. The zero-order valence-corrected chi connectivity index (χ0v) is 14.7. The highest BCUT2D eigenvalue weighted by Gasteiger charge is 2.62. The summed E-state index contributed by atoms with van der Waals surface area (Å²) in [6.07, 6.45) is 1.78. The molecule has 4 rings (SSSR count). The number of aliphatic carboxylic acids is 1. The minimum absolute atomic E-state index is 0.0711. The van der Waals surface area contributed by atoms with E-state index in [1.54, 1.807) is 17.0 Å². The predicted octanol–water partition coefficient (Wildman–Crippen LogP) is 1.02. The molecule has 7 nitrogen and oxygen atoms in total. The molecule has 0 unspecified atom stereocenters. The summed E-state index contributed by atoms with van der Waals surface area (Å²) in [6.45, 7) is 3.42. The Morgan fingerprint density at radius 3 is 2.85 bits per heavy atom. The summed E-state index contributed by atoms with van der Waals surface area (Å²) < 4.78 is 5.58. The van der Waals surface area contributed by atoms with E-state index in [0.717, 1.165) is 24.2 Å². The fourth-order valence-electron chi connectivity index (χ4n) is 4.41. The van der Waals surface area contributed by atoms with Crippen molar-refractivity contribution in [3.63, 3.8) is 0 Å². The summed E-state index contributed by atoms with van der Waals surface area (Å²) in [7, 11) is 0. The number of likely N-dealkylation sites (tertiary alicyclic amines) is 2. The number of rotatable bonds is 3. The lowest BCUT2D eigenvalue weighted by molar-refractivity contribution is -0.149. The predicted molar refractivity (Wildman–Crippen MR) is 92.0 cm³/mol. The molecule has 1 N–H and O–H groups in total. The maximum absolute atomic E-state index is 13.0. The summed E-state index contributed by atoms with van der Waals surface area (Å²) in [5, 5.41) is 9.80. The molecule has 3 aliphatic rings. The third-order valence-electron chi connectivity index (χ3n) is 5.88. The fraction of sp³-hybridized carbons (Fsp3) is 0.526. The van der Waals surface area contributed by atoms with E-state index in [1.165, 1.54) is 4.90 Å². The van der Waals surface area contributed by atoms with Crippen LogP contribution < -0.4 is 4.74 Å². The number of hydrogen-bond acceptors (Lipinski definition) is 4. The summed E-state index contributed by atoms with van der Waals surface area (Å²) >= 11 is 0. The molecule has 1 aromatic rings. The number of carboxylic acids is 1. The van der Waals surface area contributed by atoms with Crippen LogP contribution in [-0.4, -0.2) is 65.5 Å². The van der Waals surface area contributed by atoms with Crippen molar-refractivity contribution in [1.82, 2.24) is 9.80 Å². The van der Waals surface area contributed by atoms with Crippen molar-refractivity contribution in [1.29, 1.82) is 0 Å². The highest BCUT2D eigenvalue weighted by molar-refractivity contribution is 5.98. The maximum atomic E-state index is 13.0. The Balaban J connectivity index is 1.59. The van der Waals surface area contributed by atoms with Gasteiger partial charge in [0, 0.05) is 31.7 Å². The van der Waals surface area contributed by atoms with Gasteiger partial charge >= 0.3 is 5.97 Å². The van der Waals surface area contributed by atoms with Crippen molar-refractivity contribution < 1.29 is 24.2 Å². The largest absolute Gasteiger partial charge is 0.493 e. The molecule has 7 heteroatoms. The molecule has 0 spiro atoms. The number of carboxylic acid groups (broad SMARTS) is 1. The second-order valence-corrected chi connectivity index (χ2v) is 7.33. The van der Waals surface area contributed by atoms with Gasteiger partial charge in [-0.15, -0.1) is 0 Å². The molecule has 0 radical (unpaired) electrons. The first-order valence-corrected chi connectivity index (χ1v) is 9.03. The van der Waals surface area contributed by atoms with Gasteiger partial charge in [-0.25, -0.2) is 0 Å². The van der Waals surface area contributed by atoms with Gasteiger partial charge in [-0.3, -0.25) is 14.4 Å². The standard InChI is InChI=1S/C19H22N2O5/c1-2-20-10-19(18(24)25)11-21(9-14(19)17(20)23)16(22)13-5-6-15-12(8-13)4-3-7-26-15/h5-6,8,14H,2-4,7,9-11H2,1H3,(H,24,25)/t14-,19+/m1/s1. The second-order valence-electron chi connectivity index (χ2n) is 7.33. The van der Waals surface area contributed by atoms with Crippen LogP contribution in [0.3, 0.4) is 0 Å². The number of amides is 2. The summed E-state index contributed by atoms with van der Waals surface area (Å²) in [4.78, 5) is 40.6. The number of carbonyl (C=O) groups excluding carboxylic acids is 2. The SMILES string of the molecule is CCN1C[C@]2(C(=O)O)CN(C(=O)c3ccc4c(c3)CCCO4)C[C@@H]2C1=O. The van der Waals surface area contributed by atoms with E-state index in [1.807, 2.05) is 13.0 Å². The first-order valence-electron chi connectivity index (χ1n) is 9.03. The second kappa shape index (κ2) is 6.00. The highest BCUT2D eigenvalue weighted by Crippen LogP contribution is 2.44. The molecule has 138 valence electrons. The van der Waals surface area contributed by atoms with Crippen LogP contribution in [0, 0.1) is 11.3 Å². The Morgan fingerprint density at radius 1 is 1.35 bits per heavy atom. The van der Waals surface area contributed by atoms with Crippen LogP contribution in [0.15, 0.2) is 18.2 Å². The smallest absolute Gasteiger partial charge is 0.314 e. The first-order chi connectivity index (χ1) is 12.5. The van der Waals surface area contributed by atoms with Gasteiger partial charge in [0.1, 0.15) is 11.2 Å².